The zero-order valence-electron chi connectivity index (χ0n) is 17.3. The minimum atomic E-state index is -0.284. The molecule has 0 aromatic heterocycles. The molecule has 2 aromatic rings. The predicted molar refractivity (Wildman–Crippen MR) is 111 cm³/mol. The van der Waals surface area contributed by atoms with E-state index in [4.69, 9.17) is 9.47 Å². The molecule has 3 nitrogen and oxygen atoms in total. The van der Waals surface area contributed by atoms with Gasteiger partial charge in [0, 0.05) is 12.8 Å². The quantitative estimate of drug-likeness (QED) is 0.294. The van der Waals surface area contributed by atoms with Crippen LogP contribution in [0.4, 0.5) is 0 Å². The Morgan fingerprint density at radius 2 is 1.52 bits per heavy atom. The van der Waals surface area contributed by atoms with E-state index >= 15 is 0 Å². The van der Waals surface area contributed by atoms with Gasteiger partial charge in [-0.1, -0.05) is 56.9 Å². The normalized spacial score (nSPS) is 11.9. The molecule has 0 radical (unpaired) electrons. The van der Waals surface area contributed by atoms with E-state index < -0.39 is 0 Å². The van der Waals surface area contributed by atoms with E-state index in [1.54, 1.807) is 7.11 Å². The largest absolute Gasteiger partial charge is 0.496 e. The van der Waals surface area contributed by atoms with Crippen LogP contribution in [0, 0.1) is 13.8 Å². The van der Waals surface area contributed by atoms with Crippen molar-refractivity contribution in [2.75, 3.05) is 7.11 Å². The third-order valence-corrected chi connectivity index (χ3v) is 5.02. The number of unbranched alkanes of at least 4 members (excludes halogenated alkanes) is 3. The summed E-state index contributed by atoms with van der Waals surface area (Å²) in [4.78, 5) is 11.3. The topological polar surface area (TPSA) is 35.5 Å². The lowest BCUT2D eigenvalue weighted by Gasteiger charge is -2.21. The Morgan fingerprint density at radius 1 is 0.926 bits per heavy atom. The fraction of sp³-hybridized carbons (Fsp3) is 0.458. The highest BCUT2D eigenvalue weighted by Gasteiger charge is 2.17. The fourth-order valence-corrected chi connectivity index (χ4v) is 3.58. The van der Waals surface area contributed by atoms with Crippen LogP contribution in [0.15, 0.2) is 36.4 Å². The van der Waals surface area contributed by atoms with Gasteiger partial charge in [-0.2, -0.15) is 0 Å². The van der Waals surface area contributed by atoms with Crippen molar-refractivity contribution in [1.29, 1.82) is 0 Å². The Hall–Kier alpha value is -2.29. The summed E-state index contributed by atoms with van der Waals surface area (Å²) in [7, 11) is 1.71. The molecule has 146 valence electrons. The number of carbonyl (C=O) groups excluding carboxylic acids is 1. The first kappa shape index (κ1) is 21.0. The second kappa shape index (κ2) is 10.1. The maximum Gasteiger partial charge on any atom is 0.308 e. The number of ether oxygens (including phenoxy) is 2. The van der Waals surface area contributed by atoms with Crippen molar-refractivity contribution in [2.45, 2.75) is 65.7 Å². The smallest absolute Gasteiger partial charge is 0.308 e. The van der Waals surface area contributed by atoms with Crippen molar-refractivity contribution in [3.05, 3.63) is 58.7 Å². The van der Waals surface area contributed by atoms with E-state index in [-0.39, 0.29) is 5.97 Å². The van der Waals surface area contributed by atoms with Crippen molar-refractivity contribution < 1.29 is 14.3 Å². The summed E-state index contributed by atoms with van der Waals surface area (Å²) >= 11 is 0. The van der Waals surface area contributed by atoms with Gasteiger partial charge >= 0.3 is 5.97 Å². The Morgan fingerprint density at radius 3 is 2.00 bits per heavy atom. The minimum absolute atomic E-state index is 0.284. The van der Waals surface area contributed by atoms with Gasteiger partial charge in [-0.3, -0.25) is 4.79 Å². The highest BCUT2D eigenvalue weighted by molar-refractivity contribution is 5.69. The Balaban J connectivity index is 2.33. The van der Waals surface area contributed by atoms with Crippen LogP contribution in [0.2, 0.25) is 0 Å². The molecule has 0 N–H and O–H groups in total. The maximum atomic E-state index is 11.3. The Kier molecular flexibility index (Phi) is 7.90. The van der Waals surface area contributed by atoms with Gasteiger partial charge in [0.15, 0.2) is 0 Å². The molecule has 0 amide bonds. The molecule has 0 saturated heterocycles. The van der Waals surface area contributed by atoms with E-state index in [2.05, 4.69) is 44.2 Å². The summed E-state index contributed by atoms with van der Waals surface area (Å²) in [5.41, 5.74) is 4.72. The SMILES string of the molecule is CCCCCCC(c1ccc(OC)c(C)c1)c1ccc(OC(C)=O)c(C)c1. The molecule has 0 spiro atoms. The van der Waals surface area contributed by atoms with E-state index in [1.165, 1.54) is 43.7 Å². The summed E-state index contributed by atoms with van der Waals surface area (Å²) in [5, 5.41) is 0. The van der Waals surface area contributed by atoms with E-state index in [0.29, 0.717) is 11.7 Å². The second-order valence-corrected chi connectivity index (χ2v) is 7.25. The molecular weight excluding hydrogens is 336 g/mol. The van der Waals surface area contributed by atoms with Crippen LogP contribution in [-0.4, -0.2) is 13.1 Å². The van der Waals surface area contributed by atoms with Gasteiger partial charge < -0.3 is 9.47 Å². The molecule has 0 aliphatic heterocycles. The van der Waals surface area contributed by atoms with Crippen LogP contribution in [0.1, 0.15) is 74.1 Å². The zero-order valence-corrected chi connectivity index (χ0v) is 17.3. The van der Waals surface area contributed by atoms with Crippen LogP contribution in [0.3, 0.4) is 0 Å². The van der Waals surface area contributed by atoms with Gasteiger partial charge in [-0.25, -0.2) is 0 Å². The molecule has 0 aliphatic carbocycles. The second-order valence-electron chi connectivity index (χ2n) is 7.25. The molecule has 1 unspecified atom stereocenters. The molecule has 3 heteroatoms. The third-order valence-electron chi connectivity index (χ3n) is 5.02. The molecule has 0 aliphatic rings. The molecule has 0 heterocycles. The minimum Gasteiger partial charge on any atom is -0.496 e. The summed E-state index contributed by atoms with van der Waals surface area (Å²) in [6.45, 7) is 7.76. The lowest BCUT2D eigenvalue weighted by Crippen LogP contribution is -2.06. The molecule has 0 saturated carbocycles. The summed E-state index contributed by atoms with van der Waals surface area (Å²) in [6, 6.07) is 12.6. The molecular formula is C24H32O3. The lowest BCUT2D eigenvalue weighted by molar-refractivity contribution is -0.131. The highest BCUT2D eigenvalue weighted by atomic mass is 16.5. The number of benzene rings is 2. The van der Waals surface area contributed by atoms with Crippen molar-refractivity contribution >= 4 is 5.97 Å². The van der Waals surface area contributed by atoms with Gasteiger partial charge in [-0.15, -0.1) is 0 Å². The number of hydrogen-bond acceptors (Lipinski definition) is 3. The Bertz CT molecular complexity index is 764. The van der Waals surface area contributed by atoms with Gasteiger partial charge in [0.05, 0.1) is 7.11 Å². The number of hydrogen-bond donors (Lipinski definition) is 0. The fourth-order valence-electron chi connectivity index (χ4n) is 3.58. The monoisotopic (exact) mass is 368 g/mol. The van der Waals surface area contributed by atoms with E-state index in [1.807, 2.05) is 13.0 Å². The highest BCUT2D eigenvalue weighted by Crippen LogP contribution is 2.34. The number of methoxy groups -OCH3 is 1. The van der Waals surface area contributed by atoms with E-state index in [0.717, 1.165) is 23.3 Å². The summed E-state index contributed by atoms with van der Waals surface area (Å²) < 4.78 is 10.7. The van der Waals surface area contributed by atoms with Crippen molar-refractivity contribution in [3.8, 4) is 11.5 Å². The lowest BCUT2D eigenvalue weighted by atomic mass is 9.85. The van der Waals surface area contributed by atoms with Crippen molar-refractivity contribution in [2.24, 2.45) is 0 Å². The van der Waals surface area contributed by atoms with Crippen molar-refractivity contribution in [1.82, 2.24) is 0 Å². The zero-order chi connectivity index (χ0) is 19.8. The average molecular weight is 369 g/mol. The summed E-state index contributed by atoms with van der Waals surface area (Å²) in [5.74, 6) is 1.61. The van der Waals surface area contributed by atoms with Crippen LogP contribution in [0.5, 0.6) is 11.5 Å². The molecule has 27 heavy (non-hydrogen) atoms. The molecule has 1 atom stereocenters. The standard InChI is InChI=1S/C24H32O3/c1-6-7-8-9-10-22(20-11-13-23(26-5)17(2)15-20)21-12-14-24(18(3)16-21)27-19(4)25/h11-16,22H,6-10H2,1-5H3. The van der Waals surface area contributed by atoms with E-state index in [9.17, 15) is 4.79 Å². The first-order valence-corrected chi connectivity index (χ1v) is 9.89. The van der Waals surface area contributed by atoms with Gasteiger partial charge in [-0.05, 0) is 54.7 Å². The number of aryl methyl sites for hydroxylation is 2. The van der Waals surface area contributed by atoms with Crippen LogP contribution >= 0.6 is 0 Å². The predicted octanol–water partition coefficient (Wildman–Crippen LogP) is 6.34. The maximum absolute atomic E-state index is 11.3. The first-order valence-electron chi connectivity index (χ1n) is 9.89. The average Bonchev–Trinajstić information content (AvgIpc) is 2.63. The molecule has 2 rings (SSSR count). The Labute approximate surface area is 163 Å². The van der Waals surface area contributed by atoms with Gasteiger partial charge in [0.2, 0.25) is 0 Å². The number of rotatable bonds is 9. The first-order chi connectivity index (χ1) is 13.0. The molecule has 2 aromatic carbocycles. The van der Waals surface area contributed by atoms with Crippen LogP contribution < -0.4 is 9.47 Å². The van der Waals surface area contributed by atoms with Gasteiger partial charge in [0.1, 0.15) is 11.5 Å². The number of carbonyl (C=O) groups is 1. The molecule has 0 fully saturated rings. The van der Waals surface area contributed by atoms with Crippen LogP contribution in [0.25, 0.3) is 0 Å². The number of esters is 1. The van der Waals surface area contributed by atoms with Crippen LogP contribution in [-0.2, 0) is 4.79 Å². The third kappa shape index (κ3) is 5.85. The van der Waals surface area contributed by atoms with Gasteiger partial charge in [0.25, 0.3) is 0 Å². The van der Waals surface area contributed by atoms with Crippen molar-refractivity contribution in [3.63, 3.8) is 0 Å². The summed E-state index contributed by atoms with van der Waals surface area (Å²) in [6.07, 6.45) is 6.08. The molecule has 0 bridgehead atoms.